The second-order valence-electron chi connectivity index (χ2n) is 5.16. The molecule has 0 bridgehead atoms. The van der Waals surface area contributed by atoms with Crippen LogP contribution in [0.25, 0.3) is 0 Å². The molecule has 0 fully saturated rings. The van der Waals surface area contributed by atoms with Gasteiger partial charge in [-0.2, -0.15) is 39.5 Å². The Morgan fingerprint density at radius 2 is 1.27 bits per heavy atom. The van der Waals surface area contributed by atoms with E-state index in [0.29, 0.717) is 0 Å². The summed E-state index contributed by atoms with van der Waals surface area (Å²) < 4.78 is 116. The minimum absolute atomic E-state index is 0.0342. The number of hydrogen-bond donors (Lipinski definition) is 0. The van der Waals surface area contributed by atoms with E-state index in [0.717, 1.165) is 0 Å². The first kappa shape index (κ1) is 20.8. The molecule has 0 amide bonds. The Kier molecular flexibility index (Phi) is 5.50. The van der Waals surface area contributed by atoms with Gasteiger partial charge in [-0.25, -0.2) is 0 Å². The second-order valence-corrected chi connectivity index (χ2v) is 5.16. The molecular weight excluding hydrogens is 335 g/mol. The Morgan fingerprint density at radius 3 is 1.59 bits per heavy atom. The van der Waals surface area contributed by atoms with E-state index in [1.54, 1.807) is 0 Å². The van der Waals surface area contributed by atoms with Gasteiger partial charge in [0.05, 0.1) is 5.41 Å². The van der Waals surface area contributed by atoms with Crippen molar-refractivity contribution in [1.29, 1.82) is 0 Å². The van der Waals surface area contributed by atoms with E-state index < -0.39 is 41.9 Å². The predicted octanol–water partition coefficient (Wildman–Crippen LogP) is 4.43. The molecule has 0 aromatic rings. The maximum absolute atomic E-state index is 13.1. The van der Waals surface area contributed by atoms with Gasteiger partial charge in [-0.3, -0.25) is 4.79 Å². The normalized spacial score (nSPS) is 14.9. The van der Waals surface area contributed by atoms with Crippen LogP contribution in [0.1, 0.15) is 27.2 Å². The predicted molar refractivity (Wildman–Crippen MR) is 55.9 cm³/mol. The Labute approximate surface area is 119 Å². The average molecular weight is 348 g/mol. The van der Waals surface area contributed by atoms with Crippen molar-refractivity contribution in [3.8, 4) is 0 Å². The Morgan fingerprint density at radius 1 is 0.864 bits per heavy atom. The molecule has 0 saturated heterocycles. The lowest BCUT2D eigenvalue weighted by Gasteiger charge is -2.33. The summed E-state index contributed by atoms with van der Waals surface area (Å²) in [6.45, 7) is 1.20. The average Bonchev–Trinajstić information content (AvgIpc) is 2.33. The second kappa shape index (κ2) is 5.80. The third-order valence-corrected chi connectivity index (χ3v) is 3.03. The monoisotopic (exact) mass is 348 g/mol. The standard InChI is InChI=1S/C11H13F9O2/c1-4-7(2,3)6(21)22-5-8(12,13)9(14,15)10(16,17)11(18,19)20/h4-5H2,1-3H3. The fourth-order valence-electron chi connectivity index (χ4n) is 0.994. The van der Waals surface area contributed by atoms with E-state index in [1.165, 1.54) is 20.8 Å². The van der Waals surface area contributed by atoms with Crippen molar-refractivity contribution in [3.05, 3.63) is 0 Å². The number of rotatable bonds is 6. The van der Waals surface area contributed by atoms with Gasteiger partial charge in [0.1, 0.15) is 0 Å². The van der Waals surface area contributed by atoms with Gasteiger partial charge in [-0.1, -0.05) is 6.92 Å². The van der Waals surface area contributed by atoms with Gasteiger partial charge < -0.3 is 4.74 Å². The molecule has 11 heteroatoms. The van der Waals surface area contributed by atoms with Gasteiger partial charge in [0.15, 0.2) is 6.61 Å². The molecule has 22 heavy (non-hydrogen) atoms. The van der Waals surface area contributed by atoms with Crippen molar-refractivity contribution < 1.29 is 49.0 Å². The van der Waals surface area contributed by atoms with Crippen LogP contribution >= 0.6 is 0 Å². The summed E-state index contributed by atoms with van der Waals surface area (Å²) in [6.07, 6.45) is -6.86. The highest BCUT2D eigenvalue weighted by Gasteiger charge is 2.82. The number of alkyl halides is 9. The highest BCUT2D eigenvalue weighted by molar-refractivity contribution is 5.75. The summed E-state index contributed by atoms with van der Waals surface area (Å²) >= 11 is 0. The molecule has 0 N–H and O–H groups in total. The molecule has 0 radical (unpaired) electrons. The lowest BCUT2D eigenvalue weighted by molar-refractivity contribution is -0.399. The van der Waals surface area contributed by atoms with Crippen LogP contribution in [0.4, 0.5) is 39.5 Å². The topological polar surface area (TPSA) is 26.3 Å². The lowest BCUT2D eigenvalue weighted by atomic mass is 9.91. The smallest absolute Gasteiger partial charge is 0.459 e. The van der Waals surface area contributed by atoms with Crippen LogP contribution < -0.4 is 0 Å². The summed E-state index contributed by atoms with van der Waals surface area (Å²) in [4.78, 5) is 11.3. The number of carbonyl (C=O) groups is 1. The first-order valence-corrected chi connectivity index (χ1v) is 5.81. The van der Waals surface area contributed by atoms with E-state index >= 15 is 0 Å². The van der Waals surface area contributed by atoms with Gasteiger partial charge in [0.2, 0.25) is 0 Å². The van der Waals surface area contributed by atoms with E-state index in [9.17, 15) is 44.3 Å². The van der Waals surface area contributed by atoms with Crippen molar-refractivity contribution in [2.45, 2.75) is 51.1 Å². The number of halogens is 9. The van der Waals surface area contributed by atoms with Crippen molar-refractivity contribution in [3.63, 3.8) is 0 Å². The summed E-state index contributed by atoms with van der Waals surface area (Å²) in [5, 5.41) is 0. The van der Waals surface area contributed by atoms with E-state index in [2.05, 4.69) is 4.74 Å². The molecule has 0 rings (SSSR count). The number of hydrogen-bond acceptors (Lipinski definition) is 2. The minimum atomic E-state index is -6.99. The molecule has 132 valence electrons. The molecule has 0 aliphatic heterocycles. The molecule has 0 saturated carbocycles. The van der Waals surface area contributed by atoms with Crippen LogP contribution in [0.2, 0.25) is 0 Å². The molecule has 0 aliphatic rings. The fraction of sp³-hybridized carbons (Fsp3) is 0.909. The highest BCUT2D eigenvalue weighted by atomic mass is 19.4. The molecule has 2 nitrogen and oxygen atoms in total. The van der Waals surface area contributed by atoms with Crippen molar-refractivity contribution >= 4 is 5.97 Å². The van der Waals surface area contributed by atoms with Crippen molar-refractivity contribution in [1.82, 2.24) is 0 Å². The molecule has 0 aromatic carbocycles. The van der Waals surface area contributed by atoms with Crippen LogP contribution in [0.15, 0.2) is 0 Å². The summed E-state index contributed by atoms with van der Waals surface area (Å²) in [7, 11) is 0. The van der Waals surface area contributed by atoms with Gasteiger partial charge >= 0.3 is 29.9 Å². The zero-order valence-corrected chi connectivity index (χ0v) is 11.6. The van der Waals surface area contributed by atoms with Gasteiger partial charge in [-0.15, -0.1) is 0 Å². The molecule has 0 unspecified atom stereocenters. The van der Waals surface area contributed by atoms with Crippen molar-refractivity contribution in [2.24, 2.45) is 5.41 Å². The Bertz CT molecular complexity index is 412. The Hall–Kier alpha value is -1.16. The quantitative estimate of drug-likeness (QED) is 0.524. The van der Waals surface area contributed by atoms with Crippen LogP contribution in [-0.4, -0.2) is 36.5 Å². The van der Waals surface area contributed by atoms with Gasteiger partial charge in [0.25, 0.3) is 0 Å². The SMILES string of the molecule is CCC(C)(C)C(=O)OCC(F)(F)C(F)(F)C(F)(F)C(F)(F)F. The van der Waals surface area contributed by atoms with E-state index in [4.69, 9.17) is 0 Å². The minimum Gasteiger partial charge on any atom is -0.459 e. The third-order valence-electron chi connectivity index (χ3n) is 3.03. The fourth-order valence-corrected chi connectivity index (χ4v) is 0.994. The van der Waals surface area contributed by atoms with Crippen LogP contribution in [0.5, 0.6) is 0 Å². The molecule has 0 atom stereocenters. The molecule has 0 spiro atoms. The number of esters is 1. The number of carbonyl (C=O) groups excluding carboxylic acids is 1. The molecule has 0 aromatic heterocycles. The molecular formula is C11H13F9O2. The van der Waals surface area contributed by atoms with Gasteiger partial charge in [-0.05, 0) is 20.3 Å². The maximum Gasteiger partial charge on any atom is 0.460 e. The molecule has 0 aliphatic carbocycles. The lowest BCUT2D eigenvalue weighted by Crippen LogP contribution is -2.62. The van der Waals surface area contributed by atoms with Crippen LogP contribution in [0, 0.1) is 5.41 Å². The van der Waals surface area contributed by atoms with Crippen molar-refractivity contribution in [2.75, 3.05) is 6.61 Å². The first-order chi connectivity index (χ1) is 9.44. The summed E-state index contributed by atoms with van der Waals surface area (Å²) in [5.41, 5.74) is -1.39. The van der Waals surface area contributed by atoms with Crippen LogP contribution in [-0.2, 0) is 9.53 Å². The summed E-state index contributed by atoms with van der Waals surface area (Å²) in [6, 6.07) is 0. The zero-order chi connectivity index (χ0) is 18.2. The highest BCUT2D eigenvalue weighted by Crippen LogP contribution is 2.53. The van der Waals surface area contributed by atoms with E-state index in [1.807, 2.05) is 0 Å². The van der Waals surface area contributed by atoms with E-state index in [-0.39, 0.29) is 6.42 Å². The summed E-state index contributed by atoms with van der Waals surface area (Å²) in [5.74, 6) is -21.1. The van der Waals surface area contributed by atoms with Gasteiger partial charge in [0, 0.05) is 0 Å². The third kappa shape index (κ3) is 3.60. The first-order valence-electron chi connectivity index (χ1n) is 5.81. The number of ether oxygens (including phenoxy) is 1. The Balaban J connectivity index is 5.28. The maximum atomic E-state index is 13.1. The largest absolute Gasteiger partial charge is 0.460 e. The zero-order valence-electron chi connectivity index (χ0n) is 11.6. The van der Waals surface area contributed by atoms with Crippen LogP contribution in [0.3, 0.4) is 0 Å². The molecule has 0 heterocycles.